The van der Waals surface area contributed by atoms with E-state index < -0.39 is 5.97 Å². The van der Waals surface area contributed by atoms with Gasteiger partial charge in [0, 0.05) is 12.1 Å². The van der Waals surface area contributed by atoms with Crippen LogP contribution in [0.3, 0.4) is 0 Å². The van der Waals surface area contributed by atoms with Gasteiger partial charge in [-0.15, -0.1) is 0 Å². The third-order valence-electron chi connectivity index (χ3n) is 2.66. The Labute approximate surface area is 114 Å². The molecule has 0 unspecified atom stereocenters. The number of carbonyl (C=O) groups is 1. The van der Waals surface area contributed by atoms with Gasteiger partial charge in [-0.2, -0.15) is 0 Å². The Kier molecular flexibility index (Phi) is 3.79. The number of aromatic nitrogens is 1. The van der Waals surface area contributed by atoms with Gasteiger partial charge in [-0.3, -0.25) is 0 Å². The van der Waals surface area contributed by atoms with Crippen molar-refractivity contribution in [3.63, 3.8) is 0 Å². The molecule has 1 aromatic carbocycles. The van der Waals surface area contributed by atoms with Crippen molar-refractivity contribution in [2.75, 3.05) is 21.3 Å². The molecule has 0 saturated carbocycles. The summed E-state index contributed by atoms with van der Waals surface area (Å²) in [5, 5.41) is 8.86. The number of aromatic carboxylic acids is 1. The lowest BCUT2D eigenvalue weighted by Gasteiger charge is -2.12. The van der Waals surface area contributed by atoms with Crippen LogP contribution in [0.25, 0.3) is 11.5 Å². The highest BCUT2D eigenvalue weighted by Crippen LogP contribution is 2.39. The molecule has 2 rings (SSSR count). The van der Waals surface area contributed by atoms with Crippen molar-refractivity contribution in [3.8, 4) is 28.7 Å². The summed E-state index contributed by atoms with van der Waals surface area (Å²) in [4.78, 5) is 14.7. The lowest BCUT2D eigenvalue weighted by Crippen LogP contribution is -1.97. The maximum atomic E-state index is 10.8. The zero-order chi connectivity index (χ0) is 14.7. The second-order valence-electron chi connectivity index (χ2n) is 3.75. The van der Waals surface area contributed by atoms with Crippen LogP contribution in [0, 0.1) is 0 Å². The van der Waals surface area contributed by atoms with E-state index in [1.54, 1.807) is 12.1 Å². The SMILES string of the molecule is COc1cc(OC)c(-c2nc(C(=O)O)co2)cc1OC. The van der Waals surface area contributed by atoms with Crippen molar-refractivity contribution in [2.24, 2.45) is 0 Å². The summed E-state index contributed by atoms with van der Waals surface area (Å²) in [6, 6.07) is 3.22. The minimum atomic E-state index is -1.17. The number of carboxylic acid groups (broad SMARTS) is 1. The first-order chi connectivity index (χ1) is 9.60. The molecule has 0 saturated heterocycles. The van der Waals surface area contributed by atoms with Crippen molar-refractivity contribution in [3.05, 3.63) is 24.1 Å². The monoisotopic (exact) mass is 279 g/mol. The molecule has 20 heavy (non-hydrogen) atoms. The van der Waals surface area contributed by atoms with Gasteiger partial charge in [-0.25, -0.2) is 9.78 Å². The van der Waals surface area contributed by atoms with Gasteiger partial charge in [0.25, 0.3) is 0 Å². The van der Waals surface area contributed by atoms with Gasteiger partial charge < -0.3 is 23.7 Å². The molecule has 0 bridgehead atoms. The van der Waals surface area contributed by atoms with Crippen molar-refractivity contribution < 1.29 is 28.5 Å². The minimum absolute atomic E-state index is 0.125. The molecule has 1 N–H and O–H groups in total. The fourth-order valence-corrected chi connectivity index (χ4v) is 1.69. The van der Waals surface area contributed by atoms with E-state index in [1.807, 2.05) is 0 Å². The first kappa shape index (κ1) is 13.7. The van der Waals surface area contributed by atoms with Crippen LogP contribution >= 0.6 is 0 Å². The molecule has 7 heteroatoms. The zero-order valence-electron chi connectivity index (χ0n) is 11.2. The largest absolute Gasteiger partial charge is 0.496 e. The van der Waals surface area contributed by atoms with Gasteiger partial charge in [0.15, 0.2) is 17.2 Å². The lowest BCUT2D eigenvalue weighted by molar-refractivity contribution is 0.0690. The molecule has 0 fully saturated rings. The zero-order valence-corrected chi connectivity index (χ0v) is 11.2. The summed E-state index contributed by atoms with van der Waals surface area (Å²) < 4.78 is 20.7. The average molecular weight is 279 g/mol. The third-order valence-corrected chi connectivity index (χ3v) is 2.66. The highest BCUT2D eigenvalue weighted by molar-refractivity contribution is 5.85. The number of benzene rings is 1. The van der Waals surface area contributed by atoms with Crippen LogP contribution in [-0.2, 0) is 0 Å². The fraction of sp³-hybridized carbons (Fsp3) is 0.231. The van der Waals surface area contributed by atoms with E-state index in [0.29, 0.717) is 22.8 Å². The van der Waals surface area contributed by atoms with Gasteiger partial charge in [0.2, 0.25) is 5.89 Å². The molecule has 0 aliphatic rings. The van der Waals surface area contributed by atoms with Gasteiger partial charge in [0.05, 0.1) is 26.9 Å². The van der Waals surface area contributed by atoms with E-state index in [-0.39, 0.29) is 11.6 Å². The molecule has 1 heterocycles. The summed E-state index contributed by atoms with van der Waals surface area (Å²) in [5.41, 5.74) is 0.287. The van der Waals surface area contributed by atoms with E-state index >= 15 is 0 Å². The summed E-state index contributed by atoms with van der Waals surface area (Å²) in [5.74, 6) is 0.331. The number of ether oxygens (including phenoxy) is 3. The van der Waals surface area contributed by atoms with Crippen molar-refractivity contribution in [2.45, 2.75) is 0 Å². The second-order valence-corrected chi connectivity index (χ2v) is 3.75. The lowest BCUT2D eigenvalue weighted by atomic mass is 10.1. The maximum Gasteiger partial charge on any atom is 0.357 e. The van der Waals surface area contributed by atoms with Crippen LogP contribution in [0.5, 0.6) is 17.2 Å². The molecular formula is C13H13NO6. The highest BCUT2D eigenvalue weighted by Gasteiger charge is 2.19. The normalized spacial score (nSPS) is 10.2. The van der Waals surface area contributed by atoms with E-state index in [9.17, 15) is 4.79 Å². The molecule has 106 valence electrons. The van der Waals surface area contributed by atoms with E-state index in [4.69, 9.17) is 23.7 Å². The smallest absolute Gasteiger partial charge is 0.357 e. The maximum absolute atomic E-state index is 10.8. The number of carboxylic acids is 1. The highest BCUT2D eigenvalue weighted by atomic mass is 16.5. The molecule has 0 aliphatic heterocycles. The van der Waals surface area contributed by atoms with Crippen molar-refractivity contribution in [1.82, 2.24) is 4.98 Å². The third kappa shape index (κ3) is 2.37. The number of nitrogens with zero attached hydrogens (tertiary/aromatic N) is 1. The second kappa shape index (κ2) is 5.52. The molecule has 7 nitrogen and oxygen atoms in total. The number of oxazole rings is 1. The predicted molar refractivity (Wildman–Crippen MR) is 68.6 cm³/mol. The number of rotatable bonds is 5. The van der Waals surface area contributed by atoms with Crippen molar-refractivity contribution >= 4 is 5.97 Å². The molecule has 0 amide bonds. The fourth-order valence-electron chi connectivity index (χ4n) is 1.69. The Morgan fingerprint density at radius 2 is 1.70 bits per heavy atom. The van der Waals surface area contributed by atoms with Crippen LogP contribution in [-0.4, -0.2) is 37.4 Å². The van der Waals surface area contributed by atoms with E-state index in [1.165, 1.54) is 21.3 Å². The Morgan fingerprint density at radius 1 is 1.10 bits per heavy atom. The van der Waals surface area contributed by atoms with Gasteiger partial charge in [-0.1, -0.05) is 0 Å². The molecular weight excluding hydrogens is 266 g/mol. The Hall–Kier alpha value is -2.70. The first-order valence-corrected chi connectivity index (χ1v) is 5.60. The van der Waals surface area contributed by atoms with Crippen LogP contribution in [0.1, 0.15) is 10.5 Å². The molecule has 0 atom stereocenters. The first-order valence-electron chi connectivity index (χ1n) is 5.60. The molecule has 0 radical (unpaired) electrons. The summed E-state index contributed by atoms with van der Waals surface area (Å²) in [7, 11) is 4.47. The molecule has 2 aromatic rings. The van der Waals surface area contributed by atoms with Crippen molar-refractivity contribution in [1.29, 1.82) is 0 Å². The number of hydrogen-bond acceptors (Lipinski definition) is 6. The van der Waals surface area contributed by atoms with Crippen LogP contribution in [0.2, 0.25) is 0 Å². The van der Waals surface area contributed by atoms with Gasteiger partial charge in [-0.05, 0) is 0 Å². The van der Waals surface area contributed by atoms with Gasteiger partial charge in [0.1, 0.15) is 12.0 Å². The van der Waals surface area contributed by atoms with Gasteiger partial charge >= 0.3 is 5.97 Å². The van der Waals surface area contributed by atoms with Crippen LogP contribution in [0.4, 0.5) is 0 Å². The minimum Gasteiger partial charge on any atom is -0.496 e. The Morgan fingerprint density at radius 3 is 2.20 bits per heavy atom. The van der Waals surface area contributed by atoms with Crippen LogP contribution in [0.15, 0.2) is 22.8 Å². The van der Waals surface area contributed by atoms with E-state index in [0.717, 1.165) is 6.26 Å². The Balaban J connectivity index is 2.56. The number of methoxy groups -OCH3 is 3. The van der Waals surface area contributed by atoms with Crippen LogP contribution < -0.4 is 14.2 Å². The average Bonchev–Trinajstić information content (AvgIpc) is 2.95. The predicted octanol–water partition coefficient (Wildman–Crippen LogP) is 2.07. The quantitative estimate of drug-likeness (QED) is 0.895. The summed E-state index contributed by atoms with van der Waals surface area (Å²) in [6.07, 6.45) is 1.06. The summed E-state index contributed by atoms with van der Waals surface area (Å²) in [6.45, 7) is 0. The molecule has 1 aromatic heterocycles. The standard InChI is InChI=1S/C13H13NO6/c1-17-9-5-11(19-3)10(18-2)4-7(9)12-14-8(6-20-12)13(15)16/h4-6H,1-3H3,(H,15,16). The van der Waals surface area contributed by atoms with E-state index in [2.05, 4.69) is 4.98 Å². The summed E-state index contributed by atoms with van der Waals surface area (Å²) >= 11 is 0. The number of hydrogen-bond donors (Lipinski definition) is 1. The molecule has 0 aliphatic carbocycles. The topological polar surface area (TPSA) is 91.0 Å². The Bertz CT molecular complexity index is 634. The molecule has 0 spiro atoms.